The molecule has 0 bridgehead atoms. The normalized spacial score (nSPS) is 25.4. The molecule has 1 saturated heterocycles. The highest BCUT2D eigenvalue weighted by Crippen LogP contribution is 2.20. The molecule has 2 unspecified atom stereocenters. The average molecular weight is 214 g/mol. The van der Waals surface area contributed by atoms with E-state index in [0.717, 1.165) is 19.1 Å². The van der Waals surface area contributed by atoms with Gasteiger partial charge < -0.3 is 10.5 Å². The summed E-state index contributed by atoms with van der Waals surface area (Å²) in [5.41, 5.74) is 5.84. The molecule has 0 saturated carbocycles. The zero-order valence-corrected chi connectivity index (χ0v) is 10.2. The van der Waals surface area contributed by atoms with Crippen molar-refractivity contribution in [1.29, 1.82) is 0 Å². The van der Waals surface area contributed by atoms with Crippen LogP contribution in [-0.2, 0) is 4.74 Å². The molecule has 0 aliphatic carbocycles. The van der Waals surface area contributed by atoms with Gasteiger partial charge in [-0.25, -0.2) is 0 Å². The van der Waals surface area contributed by atoms with Gasteiger partial charge >= 0.3 is 0 Å². The molecule has 0 radical (unpaired) electrons. The Bertz CT molecular complexity index is 162. The lowest BCUT2D eigenvalue weighted by Crippen LogP contribution is -2.46. The van der Waals surface area contributed by atoms with Crippen molar-refractivity contribution in [3.63, 3.8) is 0 Å². The van der Waals surface area contributed by atoms with Crippen LogP contribution < -0.4 is 5.73 Å². The van der Waals surface area contributed by atoms with Crippen LogP contribution in [0.4, 0.5) is 0 Å². The molecule has 90 valence electrons. The Hall–Kier alpha value is -0.120. The molecule has 3 nitrogen and oxygen atoms in total. The van der Waals surface area contributed by atoms with E-state index in [1.54, 1.807) is 7.11 Å². The maximum Gasteiger partial charge on any atom is 0.0502 e. The Balaban J connectivity index is 2.39. The second-order valence-corrected chi connectivity index (χ2v) is 4.64. The molecular weight excluding hydrogens is 188 g/mol. The van der Waals surface area contributed by atoms with Crippen molar-refractivity contribution in [2.24, 2.45) is 11.7 Å². The number of ether oxygens (including phenoxy) is 1. The van der Waals surface area contributed by atoms with Gasteiger partial charge in [0.25, 0.3) is 0 Å². The molecule has 1 rings (SSSR count). The highest BCUT2D eigenvalue weighted by molar-refractivity contribution is 4.79. The second-order valence-electron chi connectivity index (χ2n) is 4.64. The van der Waals surface area contributed by atoms with Crippen LogP contribution in [0, 0.1) is 5.92 Å². The molecule has 3 heteroatoms. The maximum absolute atomic E-state index is 5.84. The Morgan fingerprint density at radius 1 is 1.53 bits per heavy atom. The number of hydrogen-bond donors (Lipinski definition) is 1. The number of hydrogen-bond acceptors (Lipinski definition) is 3. The van der Waals surface area contributed by atoms with Crippen LogP contribution in [0.25, 0.3) is 0 Å². The summed E-state index contributed by atoms with van der Waals surface area (Å²) in [5, 5.41) is 0. The topological polar surface area (TPSA) is 38.5 Å². The summed E-state index contributed by atoms with van der Waals surface area (Å²) >= 11 is 0. The first-order valence-electron chi connectivity index (χ1n) is 6.24. The second kappa shape index (κ2) is 7.20. The summed E-state index contributed by atoms with van der Waals surface area (Å²) < 4.78 is 5.25. The molecule has 1 aliphatic rings. The SMILES string of the molecule is CCCC(CN)N1CCCC(COC)C1. The zero-order valence-electron chi connectivity index (χ0n) is 10.2. The largest absolute Gasteiger partial charge is 0.384 e. The van der Waals surface area contributed by atoms with Gasteiger partial charge in [0.15, 0.2) is 0 Å². The third kappa shape index (κ3) is 4.09. The van der Waals surface area contributed by atoms with Gasteiger partial charge in [-0.15, -0.1) is 0 Å². The Morgan fingerprint density at radius 3 is 2.93 bits per heavy atom. The van der Waals surface area contributed by atoms with E-state index in [2.05, 4.69) is 11.8 Å². The first kappa shape index (κ1) is 12.9. The number of likely N-dealkylation sites (tertiary alicyclic amines) is 1. The summed E-state index contributed by atoms with van der Waals surface area (Å²) in [4.78, 5) is 2.57. The van der Waals surface area contributed by atoms with Crippen LogP contribution in [0.3, 0.4) is 0 Å². The molecule has 0 aromatic carbocycles. The molecular formula is C12H26N2O. The van der Waals surface area contributed by atoms with Gasteiger partial charge in [0.05, 0.1) is 6.61 Å². The van der Waals surface area contributed by atoms with Crippen molar-refractivity contribution in [2.75, 3.05) is 33.4 Å². The van der Waals surface area contributed by atoms with Crippen molar-refractivity contribution < 1.29 is 4.74 Å². The minimum absolute atomic E-state index is 0.592. The number of nitrogens with two attached hydrogens (primary N) is 1. The average Bonchev–Trinajstić information content (AvgIpc) is 2.27. The van der Waals surface area contributed by atoms with Crippen LogP contribution in [0.15, 0.2) is 0 Å². The van der Waals surface area contributed by atoms with Gasteiger partial charge in [0.1, 0.15) is 0 Å². The predicted molar refractivity (Wildman–Crippen MR) is 63.9 cm³/mol. The minimum Gasteiger partial charge on any atom is -0.384 e. The molecule has 1 aliphatic heterocycles. The van der Waals surface area contributed by atoms with Gasteiger partial charge in [0.2, 0.25) is 0 Å². The predicted octanol–water partition coefficient (Wildman–Crippen LogP) is 1.47. The smallest absolute Gasteiger partial charge is 0.0502 e. The van der Waals surface area contributed by atoms with Gasteiger partial charge in [-0.3, -0.25) is 4.90 Å². The first-order chi connectivity index (χ1) is 7.31. The monoisotopic (exact) mass is 214 g/mol. The Kier molecular flexibility index (Phi) is 6.22. The fourth-order valence-electron chi connectivity index (χ4n) is 2.58. The van der Waals surface area contributed by atoms with E-state index in [4.69, 9.17) is 10.5 Å². The quantitative estimate of drug-likeness (QED) is 0.728. The standard InChI is InChI=1S/C12H26N2O/c1-3-5-12(8-13)14-7-4-6-11(9-14)10-15-2/h11-12H,3-10,13H2,1-2H3. The van der Waals surface area contributed by atoms with Crippen LogP contribution in [-0.4, -0.2) is 44.3 Å². The van der Waals surface area contributed by atoms with Crippen LogP contribution >= 0.6 is 0 Å². The van der Waals surface area contributed by atoms with E-state index in [0.29, 0.717) is 6.04 Å². The van der Waals surface area contributed by atoms with E-state index in [1.165, 1.54) is 38.8 Å². The fraction of sp³-hybridized carbons (Fsp3) is 1.00. The molecule has 0 spiro atoms. The summed E-state index contributed by atoms with van der Waals surface area (Å²) in [7, 11) is 1.80. The molecule has 1 fully saturated rings. The van der Waals surface area contributed by atoms with Gasteiger partial charge in [0, 0.05) is 26.2 Å². The minimum atomic E-state index is 0.592. The third-order valence-corrected chi connectivity index (χ3v) is 3.36. The molecule has 2 atom stereocenters. The van der Waals surface area contributed by atoms with Crippen molar-refractivity contribution >= 4 is 0 Å². The highest BCUT2D eigenvalue weighted by atomic mass is 16.5. The van der Waals surface area contributed by atoms with E-state index in [1.807, 2.05) is 0 Å². The maximum atomic E-state index is 5.84. The van der Waals surface area contributed by atoms with Crippen molar-refractivity contribution in [3.05, 3.63) is 0 Å². The summed E-state index contributed by atoms with van der Waals surface area (Å²) in [6, 6.07) is 0.592. The van der Waals surface area contributed by atoms with Crippen LogP contribution in [0.2, 0.25) is 0 Å². The first-order valence-corrected chi connectivity index (χ1v) is 6.24. The highest BCUT2D eigenvalue weighted by Gasteiger charge is 2.24. The van der Waals surface area contributed by atoms with E-state index >= 15 is 0 Å². The van der Waals surface area contributed by atoms with E-state index < -0.39 is 0 Å². The fourth-order valence-corrected chi connectivity index (χ4v) is 2.58. The van der Waals surface area contributed by atoms with Gasteiger partial charge in [-0.1, -0.05) is 13.3 Å². The molecule has 15 heavy (non-hydrogen) atoms. The molecule has 2 N–H and O–H groups in total. The van der Waals surface area contributed by atoms with Crippen molar-refractivity contribution in [2.45, 2.75) is 38.6 Å². The number of piperidine rings is 1. The molecule has 0 amide bonds. The van der Waals surface area contributed by atoms with Gasteiger partial charge in [-0.2, -0.15) is 0 Å². The van der Waals surface area contributed by atoms with E-state index in [9.17, 15) is 0 Å². The third-order valence-electron chi connectivity index (χ3n) is 3.36. The van der Waals surface area contributed by atoms with E-state index in [-0.39, 0.29) is 0 Å². The van der Waals surface area contributed by atoms with Crippen LogP contribution in [0.5, 0.6) is 0 Å². The number of methoxy groups -OCH3 is 1. The molecule has 0 aromatic heterocycles. The number of rotatable bonds is 6. The summed E-state index contributed by atoms with van der Waals surface area (Å²) in [6.07, 6.45) is 5.07. The lowest BCUT2D eigenvalue weighted by molar-refractivity contribution is 0.0674. The summed E-state index contributed by atoms with van der Waals surface area (Å²) in [6.45, 7) is 6.34. The Morgan fingerprint density at radius 2 is 2.33 bits per heavy atom. The van der Waals surface area contributed by atoms with Gasteiger partial charge in [-0.05, 0) is 31.7 Å². The van der Waals surface area contributed by atoms with Crippen LogP contribution in [0.1, 0.15) is 32.6 Å². The zero-order chi connectivity index (χ0) is 11.1. The lowest BCUT2D eigenvalue weighted by Gasteiger charge is -2.37. The molecule has 1 heterocycles. The lowest BCUT2D eigenvalue weighted by atomic mass is 9.96. The molecule has 0 aromatic rings. The Labute approximate surface area is 94.0 Å². The van der Waals surface area contributed by atoms with Crippen molar-refractivity contribution in [1.82, 2.24) is 4.90 Å². The summed E-state index contributed by atoms with van der Waals surface area (Å²) in [5.74, 6) is 0.717. The number of nitrogens with zero attached hydrogens (tertiary/aromatic N) is 1. The van der Waals surface area contributed by atoms with Crippen molar-refractivity contribution in [3.8, 4) is 0 Å².